The molecule has 22 heavy (non-hydrogen) atoms. The maximum absolute atomic E-state index is 12.1. The number of hydrogen-bond donors (Lipinski definition) is 0. The Balaban J connectivity index is 4.80. The molecule has 0 saturated carbocycles. The highest BCUT2D eigenvalue weighted by Gasteiger charge is 2.30. The standard InChI is InChI=1S/C16H32N2O4/c1-8-17(9-2)15(19)21-13(7)14(12(5)6)22-16(20)18(10-3)11-4/h12-14H,8-11H2,1-7H3. The van der Waals surface area contributed by atoms with Gasteiger partial charge in [-0.2, -0.15) is 0 Å². The molecule has 0 aliphatic carbocycles. The molecular formula is C16H32N2O4. The van der Waals surface area contributed by atoms with E-state index >= 15 is 0 Å². The average Bonchev–Trinajstić information content (AvgIpc) is 2.46. The third-order valence-corrected chi connectivity index (χ3v) is 3.69. The van der Waals surface area contributed by atoms with E-state index in [9.17, 15) is 9.59 Å². The van der Waals surface area contributed by atoms with Gasteiger partial charge >= 0.3 is 12.2 Å². The van der Waals surface area contributed by atoms with Crippen molar-refractivity contribution in [2.45, 2.75) is 60.7 Å². The fourth-order valence-corrected chi connectivity index (χ4v) is 2.23. The Labute approximate surface area is 134 Å². The zero-order valence-electron chi connectivity index (χ0n) is 15.1. The number of ether oxygens (including phenoxy) is 2. The summed E-state index contributed by atoms with van der Waals surface area (Å²) in [6.45, 7) is 15.6. The summed E-state index contributed by atoms with van der Waals surface area (Å²) in [7, 11) is 0. The van der Waals surface area contributed by atoms with Crippen molar-refractivity contribution in [2.24, 2.45) is 5.92 Å². The molecular weight excluding hydrogens is 284 g/mol. The van der Waals surface area contributed by atoms with Crippen molar-refractivity contribution in [3.63, 3.8) is 0 Å². The molecule has 0 N–H and O–H groups in total. The Morgan fingerprint density at radius 2 is 1.14 bits per heavy atom. The van der Waals surface area contributed by atoms with Crippen LogP contribution in [0.1, 0.15) is 48.5 Å². The Kier molecular flexibility index (Phi) is 9.61. The molecule has 6 nitrogen and oxygen atoms in total. The summed E-state index contributed by atoms with van der Waals surface area (Å²) in [5.74, 6) is 0.0546. The fourth-order valence-electron chi connectivity index (χ4n) is 2.23. The molecule has 0 rings (SSSR count). The molecule has 0 spiro atoms. The van der Waals surface area contributed by atoms with Crippen molar-refractivity contribution in [2.75, 3.05) is 26.2 Å². The highest BCUT2D eigenvalue weighted by molar-refractivity contribution is 5.68. The number of rotatable bonds is 8. The first-order chi connectivity index (χ1) is 10.3. The lowest BCUT2D eigenvalue weighted by Gasteiger charge is -2.31. The summed E-state index contributed by atoms with van der Waals surface area (Å²) in [5.41, 5.74) is 0. The molecule has 0 bridgehead atoms. The van der Waals surface area contributed by atoms with Gasteiger partial charge in [-0.3, -0.25) is 0 Å². The summed E-state index contributed by atoms with van der Waals surface area (Å²) in [6, 6.07) is 0. The lowest BCUT2D eigenvalue weighted by molar-refractivity contribution is -0.0401. The minimum atomic E-state index is -0.493. The summed E-state index contributed by atoms with van der Waals surface area (Å²) in [4.78, 5) is 27.3. The molecule has 0 aliphatic rings. The molecule has 130 valence electrons. The molecule has 2 atom stereocenters. The van der Waals surface area contributed by atoms with Gasteiger partial charge in [0.2, 0.25) is 0 Å². The van der Waals surface area contributed by atoms with E-state index in [0.717, 1.165) is 0 Å². The Morgan fingerprint density at radius 1 is 0.773 bits per heavy atom. The Bertz CT molecular complexity index is 339. The Morgan fingerprint density at radius 3 is 1.45 bits per heavy atom. The van der Waals surface area contributed by atoms with Gasteiger partial charge in [-0.05, 0) is 40.5 Å². The quantitative estimate of drug-likeness (QED) is 0.689. The van der Waals surface area contributed by atoms with Crippen molar-refractivity contribution in [3.8, 4) is 0 Å². The smallest absolute Gasteiger partial charge is 0.410 e. The van der Waals surface area contributed by atoms with E-state index in [2.05, 4.69) is 0 Å². The van der Waals surface area contributed by atoms with Gasteiger partial charge in [0.05, 0.1) is 0 Å². The molecule has 2 amide bonds. The first-order valence-electron chi connectivity index (χ1n) is 8.23. The molecule has 6 heteroatoms. The third-order valence-electron chi connectivity index (χ3n) is 3.69. The van der Waals surface area contributed by atoms with Crippen LogP contribution in [0.5, 0.6) is 0 Å². The normalized spacial score (nSPS) is 13.5. The van der Waals surface area contributed by atoms with Crippen molar-refractivity contribution in [1.29, 1.82) is 0 Å². The average molecular weight is 316 g/mol. The predicted molar refractivity (Wildman–Crippen MR) is 86.9 cm³/mol. The van der Waals surface area contributed by atoms with E-state index in [1.54, 1.807) is 16.7 Å². The number of carbonyl (C=O) groups excluding carboxylic acids is 2. The van der Waals surface area contributed by atoms with E-state index in [1.165, 1.54) is 0 Å². The van der Waals surface area contributed by atoms with Gasteiger partial charge in [-0.1, -0.05) is 13.8 Å². The second kappa shape index (κ2) is 10.3. The summed E-state index contributed by atoms with van der Waals surface area (Å²) >= 11 is 0. The number of nitrogens with zero attached hydrogens (tertiary/aromatic N) is 2. The van der Waals surface area contributed by atoms with Crippen LogP contribution < -0.4 is 0 Å². The number of amides is 2. The zero-order chi connectivity index (χ0) is 17.3. The van der Waals surface area contributed by atoms with Crippen molar-refractivity contribution in [3.05, 3.63) is 0 Å². The van der Waals surface area contributed by atoms with Crippen LogP contribution in [0.25, 0.3) is 0 Å². The largest absolute Gasteiger partial charge is 0.442 e. The summed E-state index contributed by atoms with van der Waals surface area (Å²) < 4.78 is 11.0. The van der Waals surface area contributed by atoms with E-state index in [1.807, 2.05) is 41.5 Å². The first-order valence-corrected chi connectivity index (χ1v) is 8.23. The van der Waals surface area contributed by atoms with Crippen LogP contribution in [0.4, 0.5) is 9.59 Å². The minimum absolute atomic E-state index is 0.0546. The fraction of sp³-hybridized carbons (Fsp3) is 0.875. The van der Waals surface area contributed by atoms with Crippen LogP contribution in [0.2, 0.25) is 0 Å². The number of carbonyl (C=O) groups is 2. The molecule has 0 aromatic rings. The predicted octanol–water partition coefficient (Wildman–Crippen LogP) is 3.36. The molecule has 0 aliphatic heterocycles. The minimum Gasteiger partial charge on any atom is -0.442 e. The SMILES string of the molecule is CCN(CC)C(=O)OC(C)C(OC(=O)N(CC)CC)C(C)C. The topological polar surface area (TPSA) is 59.1 Å². The van der Waals surface area contributed by atoms with Crippen LogP contribution >= 0.6 is 0 Å². The lowest BCUT2D eigenvalue weighted by atomic mass is 10.0. The summed E-state index contributed by atoms with van der Waals surface area (Å²) in [5, 5.41) is 0. The lowest BCUT2D eigenvalue weighted by Crippen LogP contribution is -2.43. The molecule has 0 saturated heterocycles. The zero-order valence-corrected chi connectivity index (χ0v) is 15.1. The monoisotopic (exact) mass is 316 g/mol. The van der Waals surface area contributed by atoms with Gasteiger partial charge in [0.15, 0.2) is 0 Å². The van der Waals surface area contributed by atoms with Gasteiger partial charge in [-0.25, -0.2) is 9.59 Å². The van der Waals surface area contributed by atoms with Crippen LogP contribution in [0, 0.1) is 5.92 Å². The van der Waals surface area contributed by atoms with Crippen LogP contribution in [0.3, 0.4) is 0 Å². The highest BCUT2D eigenvalue weighted by Crippen LogP contribution is 2.16. The van der Waals surface area contributed by atoms with E-state index in [-0.39, 0.29) is 18.1 Å². The number of hydrogen-bond acceptors (Lipinski definition) is 4. The second-order valence-electron chi connectivity index (χ2n) is 5.53. The van der Waals surface area contributed by atoms with Gasteiger partial charge in [0, 0.05) is 26.2 Å². The van der Waals surface area contributed by atoms with Gasteiger partial charge < -0.3 is 19.3 Å². The van der Waals surface area contributed by atoms with E-state index in [0.29, 0.717) is 26.2 Å². The van der Waals surface area contributed by atoms with E-state index < -0.39 is 12.2 Å². The van der Waals surface area contributed by atoms with E-state index in [4.69, 9.17) is 9.47 Å². The molecule has 0 heterocycles. The van der Waals surface area contributed by atoms with Crippen LogP contribution in [-0.2, 0) is 9.47 Å². The third kappa shape index (κ3) is 6.12. The molecule has 0 aromatic carbocycles. The summed E-state index contributed by atoms with van der Waals surface area (Å²) in [6.07, 6.45) is -1.70. The maximum atomic E-state index is 12.1. The van der Waals surface area contributed by atoms with Gasteiger partial charge in [0.25, 0.3) is 0 Å². The Hall–Kier alpha value is -1.46. The van der Waals surface area contributed by atoms with Crippen molar-refractivity contribution in [1.82, 2.24) is 9.80 Å². The molecule has 0 radical (unpaired) electrons. The molecule has 2 unspecified atom stereocenters. The van der Waals surface area contributed by atoms with Crippen molar-refractivity contribution >= 4 is 12.2 Å². The first kappa shape index (κ1) is 20.5. The molecule has 0 fully saturated rings. The maximum Gasteiger partial charge on any atom is 0.410 e. The van der Waals surface area contributed by atoms with Crippen molar-refractivity contribution < 1.29 is 19.1 Å². The van der Waals surface area contributed by atoms with Gasteiger partial charge in [0.1, 0.15) is 12.2 Å². The second-order valence-corrected chi connectivity index (χ2v) is 5.53. The molecule has 0 aromatic heterocycles. The van der Waals surface area contributed by atoms with Gasteiger partial charge in [-0.15, -0.1) is 0 Å². The van der Waals surface area contributed by atoms with Crippen LogP contribution in [0.15, 0.2) is 0 Å². The highest BCUT2D eigenvalue weighted by atomic mass is 16.6. The van der Waals surface area contributed by atoms with Crippen LogP contribution in [-0.4, -0.2) is 60.4 Å².